The van der Waals surface area contributed by atoms with Crippen LogP contribution in [0.5, 0.6) is 0 Å². The smallest absolute Gasteiger partial charge is 0.0631 e. The lowest BCUT2D eigenvalue weighted by atomic mass is 9.99. The minimum atomic E-state index is 0.0436. The highest BCUT2D eigenvalue weighted by atomic mass is 79.9. The third kappa shape index (κ3) is 4.08. The zero-order valence-electron chi connectivity index (χ0n) is 11.2. The van der Waals surface area contributed by atoms with Crippen molar-refractivity contribution in [2.75, 3.05) is 0 Å². The molecule has 0 bridgehead atoms. The van der Waals surface area contributed by atoms with Crippen LogP contribution >= 0.6 is 15.9 Å². The molecule has 2 rings (SSSR count). The lowest BCUT2D eigenvalue weighted by Crippen LogP contribution is -2.29. The maximum absolute atomic E-state index is 6.22. The Balaban J connectivity index is 1.82. The molecule has 1 saturated heterocycles. The van der Waals surface area contributed by atoms with Crippen molar-refractivity contribution in [3.63, 3.8) is 0 Å². The van der Waals surface area contributed by atoms with E-state index in [-0.39, 0.29) is 11.6 Å². The van der Waals surface area contributed by atoms with E-state index in [4.69, 9.17) is 10.5 Å². The van der Waals surface area contributed by atoms with Crippen LogP contribution in [0, 0.1) is 0 Å². The van der Waals surface area contributed by atoms with Gasteiger partial charge in [-0.05, 0) is 57.2 Å². The molecule has 0 saturated carbocycles. The molecule has 0 aromatic heterocycles. The predicted octanol–water partition coefficient (Wildman–Crippen LogP) is 3.67. The number of hydrogen-bond donors (Lipinski definition) is 1. The molecule has 18 heavy (non-hydrogen) atoms. The van der Waals surface area contributed by atoms with Gasteiger partial charge in [0.15, 0.2) is 0 Å². The average molecular weight is 312 g/mol. The number of hydrogen-bond acceptors (Lipinski definition) is 2. The zero-order chi connectivity index (χ0) is 13.2. The van der Waals surface area contributed by atoms with Gasteiger partial charge in [0.05, 0.1) is 11.7 Å². The summed E-state index contributed by atoms with van der Waals surface area (Å²) >= 11 is 3.44. The largest absolute Gasteiger partial charge is 0.372 e. The Kier molecular flexibility index (Phi) is 4.46. The average Bonchev–Trinajstić information content (AvgIpc) is 2.61. The zero-order valence-corrected chi connectivity index (χ0v) is 12.7. The predicted molar refractivity (Wildman–Crippen MR) is 78.6 cm³/mol. The monoisotopic (exact) mass is 311 g/mol. The molecule has 0 radical (unpaired) electrons. The molecule has 1 heterocycles. The Morgan fingerprint density at radius 3 is 2.61 bits per heavy atom. The van der Waals surface area contributed by atoms with Crippen LogP contribution in [0.25, 0.3) is 0 Å². The van der Waals surface area contributed by atoms with Gasteiger partial charge in [0.1, 0.15) is 0 Å². The van der Waals surface area contributed by atoms with Crippen LogP contribution in [0.4, 0.5) is 0 Å². The molecule has 2 atom stereocenters. The SMILES string of the molecule is CC1(C)CCC(CC(N)Cc2ccc(Br)cc2)O1. The molecule has 0 amide bonds. The van der Waals surface area contributed by atoms with E-state index in [1.807, 2.05) is 0 Å². The molecule has 0 spiro atoms. The third-order valence-corrected chi connectivity index (χ3v) is 4.06. The number of halogens is 1. The molecule has 100 valence electrons. The first-order valence-electron chi connectivity index (χ1n) is 6.62. The molecule has 1 aliphatic heterocycles. The van der Waals surface area contributed by atoms with Crippen LogP contribution in [-0.2, 0) is 11.2 Å². The number of rotatable bonds is 4. The van der Waals surface area contributed by atoms with E-state index in [2.05, 4.69) is 54.0 Å². The highest BCUT2D eigenvalue weighted by Crippen LogP contribution is 2.31. The van der Waals surface area contributed by atoms with Crippen LogP contribution in [0.2, 0.25) is 0 Å². The quantitative estimate of drug-likeness (QED) is 0.921. The Morgan fingerprint density at radius 2 is 2.06 bits per heavy atom. The van der Waals surface area contributed by atoms with Gasteiger partial charge in [-0.15, -0.1) is 0 Å². The van der Waals surface area contributed by atoms with E-state index in [1.54, 1.807) is 0 Å². The van der Waals surface area contributed by atoms with Crippen molar-refractivity contribution < 1.29 is 4.74 Å². The van der Waals surface area contributed by atoms with Crippen LogP contribution in [0.15, 0.2) is 28.7 Å². The Hall–Kier alpha value is -0.380. The Morgan fingerprint density at radius 1 is 1.39 bits per heavy atom. The fourth-order valence-corrected chi connectivity index (χ4v) is 2.85. The van der Waals surface area contributed by atoms with E-state index in [0.717, 1.165) is 30.2 Å². The Bertz CT molecular complexity index is 388. The molecular formula is C15H22BrNO. The van der Waals surface area contributed by atoms with Crippen molar-refractivity contribution >= 4 is 15.9 Å². The first kappa shape index (κ1) is 14.0. The van der Waals surface area contributed by atoms with E-state index in [9.17, 15) is 0 Å². The van der Waals surface area contributed by atoms with Crippen molar-refractivity contribution in [3.8, 4) is 0 Å². The summed E-state index contributed by atoms with van der Waals surface area (Å²) in [5, 5.41) is 0. The van der Waals surface area contributed by atoms with Gasteiger partial charge >= 0.3 is 0 Å². The van der Waals surface area contributed by atoms with Gasteiger partial charge in [-0.3, -0.25) is 0 Å². The number of benzene rings is 1. The molecule has 1 aromatic carbocycles. The molecule has 3 heteroatoms. The summed E-state index contributed by atoms with van der Waals surface area (Å²) in [4.78, 5) is 0. The molecule has 2 unspecified atom stereocenters. The van der Waals surface area contributed by atoms with E-state index in [1.165, 1.54) is 5.56 Å². The first-order valence-corrected chi connectivity index (χ1v) is 7.42. The third-order valence-electron chi connectivity index (χ3n) is 3.53. The number of ether oxygens (including phenoxy) is 1. The van der Waals surface area contributed by atoms with Gasteiger partial charge in [-0.25, -0.2) is 0 Å². The van der Waals surface area contributed by atoms with E-state index >= 15 is 0 Å². The van der Waals surface area contributed by atoms with Crippen molar-refractivity contribution in [2.24, 2.45) is 5.73 Å². The second-order valence-electron chi connectivity index (χ2n) is 5.86. The highest BCUT2D eigenvalue weighted by molar-refractivity contribution is 9.10. The van der Waals surface area contributed by atoms with Gasteiger partial charge in [-0.1, -0.05) is 28.1 Å². The van der Waals surface area contributed by atoms with Crippen LogP contribution in [0.1, 0.15) is 38.7 Å². The second-order valence-corrected chi connectivity index (χ2v) is 6.78. The topological polar surface area (TPSA) is 35.2 Å². The summed E-state index contributed by atoms with van der Waals surface area (Å²) in [5.41, 5.74) is 7.56. The second kappa shape index (κ2) is 5.72. The summed E-state index contributed by atoms with van der Waals surface area (Å²) in [6.45, 7) is 4.32. The maximum Gasteiger partial charge on any atom is 0.0631 e. The first-order chi connectivity index (χ1) is 8.44. The molecule has 2 nitrogen and oxygen atoms in total. The van der Waals surface area contributed by atoms with Crippen molar-refractivity contribution in [3.05, 3.63) is 34.3 Å². The molecular weight excluding hydrogens is 290 g/mol. The Labute approximate surface area is 118 Å². The van der Waals surface area contributed by atoms with Crippen molar-refractivity contribution in [1.29, 1.82) is 0 Å². The molecule has 1 fully saturated rings. The van der Waals surface area contributed by atoms with E-state index in [0.29, 0.717) is 6.10 Å². The van der Waals surface area contributed by atoms with E-state index < -0.39 is 0 Å². The van der Waals surface area contributed by atoms with Crippen molar-refractivity contribution in [1.82, 2.24) is 0 Å². The summed E-state index contributed by atoms with van der Waals surface area (Å²) in [6.07, 6.45) is 4.50. The molecule has 1 aliphatic rings. The van der Waals surface area contributed by atoms with Gasteiger partial charge in [0, 0.05) is 10.5 Å². The summed E-state index contributed by atoms with van der Waals surface area (Å²) in [7, 11) is 0. The molecule has 0 aliphatic carbocycles. The minimum Gasteiger partial charge on any atom is -0.372 e. The fourth-order valence-electron chi connectivity index (χ4n) is 2.59. The summed E-state index contributed by atoms with van der Waals surface area (Å²) < 4.78 is 7.10. The molecule has 2 N–H and O–H groups in total. The minimum absolute atomic E-state index is 0.0436. The maximum atomic E-state index is 6.22. The van der Waals surface area contributed by atoms with Gasteiger partial charge in [0.25, 0.3) is 0 Å². The van der Waals surface area contributed by atoms with Crippen molar-refractivity contribution in [2.45, 2.75) is 57.3 Å². The number of nitrogens with two attached hydrogens (primary N) is 1. The lowest BCUT2D eigenvalue weighted by molar-refractivity contribution is -0.0205. The fraction of sp³-hybridized carbons (Fsp3) is 0.600. The van der Waals surface area contributed by atoms with Gasteiger partial charge in [0.2, 0.25) is 0 Å². The lowest BCUT2D eigenvalue weighted by Gasteiger charge is -2.21. The summed E-state index contributed by atoms with van der Waals surface area (Å²) in [5.74, 6) is 0. The van der Waals surface area contributed by atoms with Gasteiger partial charge in [-0.2, -0.15) is 0 Å². The standard InChI is InChI=1S/C15H22BrNO/c1-15(2)8-7-14(18-15)10-13(17)9-11-3-5-12(16)6-4-11/h3-6,13-14H,7-10,17H2,1-2H3. The van der Waals surface area contributed by atoms with Crippen LogP contribution in [-0.4, -0.2) is 17.7 Å². The van der Waals surface area contributed by atoms with Crippen LogP contribution < -0.4 is 5.73 Å². The molecule has 1 aromatic rings. The van der Waals surface area contributed by atoms with Crippen LogP contribution in [0.3, 0.4) is 0 Å². The normalized spacial score (nSPS) is 24.1. The van der Waals surface area contributed by atoms with Gasteiger partial charge < -0.3 is 10.5 Å². The summed E-state index contributed by atoms with van der Waals surface area (Å²) in [6, 6.07) is 8.58. The highest BCUT2D eigenvalue weighted by Gasteiger charge is 2.32.